The van der Waals surface area contributed by atoms with E-state index in [4.69, 9.17) is 5.73 Å². The summed E-state index contributed by atoms with van der Waals surface area (Å²) in [4.78, 5) is 0. The maximum absolute atomic E-state index is 9.73. The van der Waals surface area contributed by atoms with E-state index in [1.807, 2.05) is 26.0 Å². The summed E-state index contributed by atoms with van der Waals surface area (Å²) in [6, 6.07) is 3.97. The van der Waals surface area contributed by atoms with Gasteiger partial charge in [0.25, 0.3) is 0 Å². The molecule has 0 heterocycles. The van der Waals surface area contributed by atoms with Crippen LogP contribution in [0.3, 0.4) is 0 Å². The lowest BCUT2D eigenvalue weighted by Crippen LogP contribution is -2.49. The Morgan fingerprint density at radius 1 is 1.31 bits per heavy atom. The zero-order valence-electron chi connectivity index (χ0n) is 9.83. The Morgan fingerprint density at radius 2 is 1.81 bits per heavy atom. The Morgan fingerprint density at radius 3 is 2.19 bits per heavy atom. The first kappa shape index (κ1) is 11.4. The molecule has 88 valence electrons. The van der Waals surface area contributed by atoms with Gasteiger partial charge in [0.05, 0.1) is 6.10 Å². The summed E-state index contributed by atoms with van der Waals surface area (Å²) in [5, 5.41) is 19.2. The molecule has 1 fully saturated rings. The van der Waals surface area contributed by atoms with Gasteiger partial charge >= 0.3 is 0 Å². The van der Waals surface area contributed by atoms with Crippen LogP contribution in [-0.4, -0.2) is 22.9 Å². The monoisotopic (exact) mass is 221 g/mol. The maximum Gasteiger partial charge on any atom is 0.121 e. The third kappa shape index (κ3) is 1.60. The molecule has 1 aromatic carbocycles. The van der Waals surface area contributed by atoms with Crippen LogP contribution in [0.5, 0.6) is 5.75 Å². The number of nitrogens with two attached hydrogens (primary N) is 1. The molecule has 1 aromatic rings. The minimum Gasteiger partial charge on any atom is -0.507 e. The number of rotatable bonds is 2. The van der Waals surface area contributed by atoms with Crippen molar-refractivity contribution in [3.63, 3.8) is 0 Å². The van der Waals surface area contributed by atoms with E-state index in [1.165, 1.54) is 0 Å². The van der Waals surface area contributed by atoms with Gasteiger partial charge in [-0.15, -0.1) is 0 Å². The zero-order valence-corrected chi connectivity index (χ0v) is 9.83. The first-order valence-corrected chi connectivity index (χ1v) is 5.67. The van der Waals surface area contributed by atoms with Gasteiger partial charge in [0.15, 0.2) is 0 Å². The second-order valence-electron chi connectivity index (χ2n) is 5.01. The number of hydrogen-bond acceptors (Lipinski definition) is 3. The fraction of sp³-hybridized carbons (Fsp3) is 0.538. The first-order valence-electron chi connectivity index (χ1n) is 5.67. The van der Waals surface area contributed by atoms with Crippen LogP contribution in [0.2, 0.25) is 0 Å². The Bertz CT molecular complexity index is 385. The zero-order chi connectivity index (χ0) is 11.9. The van der Waals surface area contributed by atoms with E-state index in [0.717, 1.165) is 29.5 Å². The van der Waals surface area contributed by atoms with Gasteiger partial charge in [-0.05, 0) is 43.4 Å². The number of hydrogen-bond donors (Lipinski definition) is 3. The molecule has 0 saturated heterocycles. The highest BCUT2D eigenvalue weighted by Crippen LogP contribution is 2.44. The summed E-state index contributed by atoms with van der Waals surface area (Å²) in [6.45, 7) is 4.34. The molecule has 0 spiro atoms. The SMILES string of the molecule is Cc1cc(C2(CN)CC(O)C2)cc(C)c1O. The smallest absolute Gasteiger partial charge is 0.121 e. The van der Waals surface area contributed by atoms with Crippen molar-refractivity contribution in [1.29, 1.82) is 0 Å². The molecule has 4 N–H and O–H groups in total. The Balaban J connectivity index is 2.40. The molecule has 0 aromatic heterocycles. The lowest BCUT2D eigenvalue weighted by Gasteiger charge is -2.45. The molecule has 0 radical (unpaired) electrons. The predicted molar refractivity (Wildman–Crippen MR) is 63.6 cm³/mol. The number of aromatic hydroxyl groups is 1. The van der Waals surface area contributed by atoms with Crippen LogP contribution >= 0.6 is 0 Å². The van der Waals surface area contributed by atoms with Crippen molar-refractivity contribution in [2.24, 2.45) is 5.73 Å². The highest BCUT2D eigenvalue weighted by molar-refractivity contribution is 5.45. The van der Waals surface area contributed by atoms with Gasteiger partial charge in [-0.1, -0.05) is 12.1 Å². The molecule has 1 saturated carbocycles. The number of phenols is 1. The van der Waals surface area contributed by atoms with Gasteiger partial charge < -0.3 is 15.9 Å². The standard InChI is InChI=1S/C13H19NO2/c1-8-3-10(4-9(2)12(8)16)13(7-14)5-11(15)6-13/h3-4,11,15-16H,5-7,14H2,1-2H3. The van der Waals surface area contributed by atoms with Crippen LogP contribution < -0.4 is 5.73 Å². The number of phenolic OH excluding ortho intramolecular Hbond substituents is 1. The van der Waals surface area contributed by atoms with Crippen molar-refractivity contribution in [1.82, 2.24) is 0 Å². The van der Waals surface area contributed by atoms with Gasteiger partial charge in [0.1, 0.15) is 5.75 Å². The first-order chi connectivity index (χ1) is 7.48. The molecule has 0 unspecified atom stereocenters. The third-order valence-electron chi connectivity index (χ3n) is 3.75. The average Bonchev–Trinajstić information content (AvgIpc) is 2.20. The van der Waals surface area contributed by atoms with E-state index in [0.29, 0.717) is 12.3 Å². The number of aliphatic hydroxyl groups is 1. The van der Waals surface area contributed by atoms with Crippen LogP contribution in [0.4, 0.5) is 0 Å². The fourth-order valence-corrected chi connectivity index (χ4v) is 2.62. The lowest BCUT2D eigenvalue weighted by atomic mass is 9.62. The second kappa shape index (κ2) is 3.75. The molecule has 0 bridgehead atoms. The molecular weight excluding hydrogens is 202 g/mol. The van der Waals surface area contributed by atoms with Crippen molar-refractivity contribution in [3.05, 3.63) is 28.8 Å². The summed E-state index contributed by atoms with van der Waals surface area (Å²) >= 11 is 0. The van der Waals surface area contributed by atoms with Gasteiger partial charge in [-0.3, -0.25) is 0 Å². The topological polar surface area (TPSA) is 66.5 Å². The molecule has 2 rings (SSSR count). The molecule has 0 amide bonds. The van der Waals surface area contributed by atoms with Crippen molar-refractivity contribution in [2.75, 3.05) is 6.54 Å². The van der Waals surface area contributed by atoms with Crippen molar-refractivity contribution in [2.45, 2.75) is 38.2 Å². The van der Waals surface area contributed by atoms with Gasteiger partial charge in [0, 0.05) is 12.0 Å². The molecular formula is C13H19NO2. The molecule has 3 nitrogen and oxygen atoms in total. The number of aliphatic hydroxyl groups excluding tert-OH is 1. The highest BCUT2D eigenvalue weighted by Gasteiger charge is 2.43. The minimum absolute atomic E-state index is 0.0807. The van der Waals surface area contributed by atoms with Crippen molar-refractivity contribution >= 4 is 0 Å². The average molecular weight is 221 g/mol. The number of benzene rings is 1. The molecule has 1 aliphatic carbocycles. The molecule has 16 heavy (non-hydrogen) atoms. The fourth-order valence-electron chi connectivity index (χ4n) is 2.62. The molecule has 1 aliphatic rings. The van der Waals surface area contributed by atoms with Gasteiger partial charge in [-0.2, -0.15) is 0 Å². The van der Waals surface area contributed by atoms with Crippen LogP contribution in [0.15, 0.2) is 12.1 Å². The predicted octanol–water partition coefficient (Wildman–Crippen LogP) is 1.36. The summed E-state index contributed by atoms with van der Waals surface area (Å²) in [5.41, 5.74) is 8.65. The summed E-state index contributed by atoms with van der Waals surface area (Å²) < 4.78 is 0. The van der Waals surface area contributed by atoms with Gasteiger partial charge in [-0.25, -0.2) is 0 Å². The number of aryl methyl sites for hydroxylation is 2. The Kier molecular flexibility index (Phi) is 2.68. The normalized spacial score (nSPS) is 28.9. The van der Waals surface area contributed by atoms with Crippen LogP contribution in [0, 0.1) is 13.8 Å². The van der Waals surface area contributed by atoms with Crippen molar-refractivity contribution in [3.8, 4) is 5.75 Å². The Labute approximate surface area is 95.9 Å². The van der Waals surface area contributed by atoms with E-state index >= 15 is 0 Å². The summed E-state index contributed by atoms with van der Waals surface area (Å²) in [6.07, 6.45) is 1.23. The van der Waals surface area contributed by atoms with Gasteiger partial charge in [0.2, 0.25) is 0 Å². The summed E-state index contributed by atoms with van der Waals surface area (Å²) in [5.74, 6) is 0.357. The minimum atomic E-state index is -0.224. The molecule has 0 aliphatic heterocycles. The highest BCUT2D eigenvalue weighted by atomic mass is 16.3. The van der Waals surface area contributed by atoms with Crippen LogP contribution in [0.1, 0.15) is 29.5 Å². The summed E-state index contributed by atoms with van der Waals surface area (Å²) in [7, 11) is 0. The second-order valence-corrected chi connectivity index (χ2v) is 5.01. The van der Waals surface area contributed by atoms with Crippen LogP contribution in [0.25, 0.3) is 0 Å². The quantitative estimate of drug-likeness (QED) is 0.706. The van der Waals surface area contributed by atoms with E-state index in [2.05, 4.69) is 0 Å². The van der Waals surface area contributed by atoms with E-state index < -0.39 is 0 Å². The largest absolute Gasteiger partial charge is 0.507 e. The van der Waals surface area contributed by atoms with Crippen molar-refractivity contribution < 1.29 is 10.2 Å². The third-order valence-corrected chi connectivity index (χ3v) is 3.75. The van der Waals surface area contributed by atoms with Crippen LogP contribution in [-0.2, 0) is 5.41 Å². The molecule has 3 heteroatoms. The van der Waals surface area contributed by atoms with E-state index in [-0.39, 0.29) is 11.5 Å². The maximum atomic E-state index is 9.73. The lowest BCUT2D eigenvalue weighted by molar-refractivity contribution is 0.0221. The van der Waals surface area contributed by atoms with E-state index in [1.54, 1.807) is 0 Å². The van der Waals surface area contributed by atoms with E-state index in [9.17, 15) is 10.2 Å². The molecule has 0 atom stereocenters. The Hall–Kier alpha value is -1.06.